The molecule has 1 aromatic heterocycles. The van der Waals surface area contributed by atoms with Crippen LogP contribution >= 0.6 is 49.9 Å². The quantitative estimate of drug-likeness (QED) is 0.678. The summed E-state index contributed by atoms with van der Waals surface area (Å²) in [4.78, 5) is 0. The van der Waals surface area contributed by atoms with Gasteiger partial charge in [-0.1, -0.05) is 0 Å². The van der Waals surface area contributed by atoms with Gasteiger partial charge in [0.25, 0.3) is 0 Å². The molecule has 2 aromatic rings. The summed E-state index contributed by atoms with van der Waals surface area (Å²) < 4.78 is 3.47. The van der Waals surface area contributed by atoms with Crippen molar-refractivity contribution < 1.29 is 0 Å². The van der Waals surface area contributed by atoms with E-state index in [4.69, 9.17) is 5.26 Å². The Balaban J connectivity index is 2.81. The first-order valence-corrected chi connectivity index (χ1v) is 6.70. The third-order valence-corrected chi connectivity index (χ3v) is 5.57. The third-order valence-electron chi connectivity index (χ3n) is 1.98. The van der Waals surface area contributed by atoms with Crippen LogP contribution in [0.3, 0.4) is 0 Å². The van der Waals surface area contributed by atoms with E-state index in [2.05, 4.69) is 62.1 Å². The van der Waals surface area contributed by atoms with Gasteiger partial charge in [0, 0.05) is 12.7 Å². The van der Waals surface area contributed by atoms with Crippen molar-refractivity contribution in [2.75, 3.05) is 0 Å². The molecule has 0 atom stereocenters. The molecule has 0 fully saturated rings. The maximum Gasteiger partial charge on any atom is 0.0670 e. The Labute approximate surface area is 108 Å². The smallest absolute Gasteiger partial charge is 0.0670 e. The van der Waals surface area contributed by atoms with Crippen LogP contribution in [0.15, 0.2) is 22.0 Å². The van der Waals surface area contributed by atoms with Gasteiger partial charge in [0.15, 0.2) is 0 Å². The highest BCUT2D eigenvalue weighted by atomic mass is 127. The van der Waals surface area contributed by atoms with Crippen molar-refractivity contribution in [3.05, 3.63) is 31.1 Å². The minimum Gasteiger partial charge on any atom is -0.198 e. The monoisotopic (exact) mass is 377 g/mol. The number of halogens is 2. The van der Waals surface area contributed by atoms with Gasteiger partial charge in [0.2, 0.25) is 0 Å². The van der Waals surface area contributed by atoms with Gasteiger partial charge < -0.3 is 0 Å². The van der Waals surface area contributed by atoms with E-state index in [1.165, 1.54) is 10.1 Å². The lowest BCUT2D eigenvalue weighted by molar-refractivity contribution is 1.27. The normalized spacial score (nSPS) is 10.4. The number of thiophene rings is 1. The van der Waals surface area contributed by atoms with Crippen LogP contribution in [0.4, 0.5) is 0 Å². The highest BCUT2D eigenvalue weighted by Crippen LogP contribution is 2.34. The molecule has 0 aliphatic rings. The van der Waals surface area contributed by atoms with E-state index in [0.717, 1.165) is 13.6 Å². The number of nitrogens with zero attached hydrogens (tertiary/aromatic N) is 1. The number of fused-ring (bicyclic) bond motifs is 1. The van der Waals surface area contributed by atoms with E-state index in [1.54, 1.807) is 11.3 Å². The minimum atomic E-state index is 0.481. The Hall–Kier alpha value is -0.120. The standard InChI is InChI=1S/C10H5BrINS/c11-8-5-6-2-4-14-10(6)7(1-3-13)9(8)12/h2,4-5H,1H2. The average Bonchev–Trinajstić information content (AvgIpc) is 2.60. The summed E-state index contributed by atoms with van der Waals surface area (Å²) in [6.07, 6.45) is 0.481. The SMILES string of the molecule is N#CCc1c(I)c(Br)cc2ccsc12. The predicted molar refractivity (Wildman–Crippen MR) is 71.6 cm³/mol. The second-order valence-corrected chi connectivity index (χ2v) is 5.67. The first-order valence-electron chi connectivity index (χ1n) is 3.95. The zero-order valence-corrected chi connectivity index (χ0v) is 11.6. The number of hydrogen-bond donors (Lipinski definition) is 0. The number of nitriles is 1. The van der Waals surface area contributed by atoms with Gasteiger partial charge in [-0.05, 0) is 67.0 Å². The number of rotatable bonds is 1. The largest absolute Gasteiger partial charge is 0.198 e. The molecule has 70 valence electrons. The predicted octanol–water partition coefficient (Wildman–Crippen LogP) is 4.33. The van der Waals surface area contributed by atoms with Crippen LogP contribution in [0.25, 0.3) is 10.1 Å². The molecule has 0 saturated heterocycles. The van der Waals surface area contributed by atoms with Crippen LogP contribution in [0.2, 0.25) is 0 Å². The van der Waals surface area contributed by atoms with Gasteiger partial charge in [-0.15, -0.1) is 11.3 Å². The van der Waals surface area contributed by atoms with Gasteiger partial charge in [-0.3, -0.25) is 0 Å². The van der Waals surface area contributed by atoms with Crippen LogP contribution < -0.4 is 0 Å². The van der Waals surface area contributed by atoms with Crippen molar-refractivity contribution in [3.63, 3.8) is 0 Å². The molecule has 0 unspecified atom stereocenters. The lowest BCUT2D eigenvalue weighted by Gasteiger charge is -2.04. The first-order chi connectivity index (χ1) is 6.74. The van der Waals surface area contributed by atoms with Crippen molar-refractivity contribution in [1.29, 1.82) is 5.26 Å². The summed E-state index contributed by atoms with van der Waals surface area (Å²) in [5.74, 6) is 0. The number of benzene rings is 1. The van der Waals surface area contributed by atoms with E-state index in [0.29, 0.717) is 6.42 Å². The Morgan fingerprint density at radius 2 is 2.36 bits per heavy atom. The molecule has 4 heteroatoms. The molecular weight excluding hydrogens is 373 g/mol. The van der Waals surface area contributed by atoms with Crippen molar-refractivity contribution >= 4 is 59.9 Å². The maximum atomic E-state index is 8.77. The van der Waals surface area contributed by atoms with E-state index in [1.807, 2.05) is 0 Å². The average molecular weight is 378 g/mol. The Morgan fingerprint density at radius 3 is 3.07 bits per heavy atom. The Morgan fingerprint density at radius 1 is 1.57 bits per heavy atom. The zero-order valence-electron chi connectivity index (χ0n) is 7.05. The topological polar surface area (TPSA) is 23.8 Å². The highest BCUT2D eigenvalue weighted by molar-refractivity contribution is 14.1. The molecule has 1 heterocycles. The molecule has 0 spiro atoms. The van der Waals surface area contributed by atoms with Crippen LogP contribution in [0.1, 0.15) is 5.56 Å². The highest BCUT2D eigenvalue weighted by Gasteiger charge is 2.10. The summed E-state index contributed by atoms with van der Waals surface area (Å²) in [5, 5.41) is 12.0. The lowest BCUT2D eigenvalue weighted by Crippen LogP contribution is -1.88. The molecule has 0 radical (unpaired) electrons. The molecule has 0 N–H and O–H groups in total. The van der Waals surface area contributed by atoms with Gasteiger partial charge >= 0.3 is 0 Å². The lowest BCUT2D eigenvalue weighted by atomic mass is 10.1. The fourth-order valence-electron chi connectivity index (χ4n) is 1.36. The van der Waals surface area contributed by atoms with Crippen molar-refractivity contribution in [1.82, 2.24) is 0 Å². The molecule has 2 rings (SSSR count). The molecule has 0 aliphatic heterocycles. The second kappa shape index (κ2) is 4.17. The molecule has 14 heavy (non-hydrogen) atoms. The summed E-state index contributed by atoms with van der Waals surface area (Å²) in [6, 6.07) is 6.41. The van der Waals surface area contributed by atoms with Crippen LogP contribution in [-0.2, 0) is 6.42 Å². The van der Waals surface area contributed by atoms with Gasteiger partial charge in [-0.25, -0.2) is 0 Å². The molecule has 1 aromatic carbocycles. The second-order valence-electron chi connectivity index (χ2n) is 2.82. The summed E-state index contributed by atoms with van der Waals surface area (Å²) in [5.41, 5.74) is 1.15. The minimum absolute atomic E-state index is 0.481. The first kappa shape index (κ1) is 10.4. The fraction of sp³-hybridized carbons (Fsp3) is 0.100. The molecular formula is C10H5BrINS. The Bertz CT molecular complexity index is 527. The maximum absolute atomic E-state index is 8.77. The van der Waals surface area contributed by atoms with E-state index in [9.17, 15) is 0 Å². The van der Waals surface area contributed by atoms with Gasteiger partial charge in [0.1, 0.15) is 0 Å². The van der Waals surface area contributed by atoms with Crippen LogP contribution in [0.5, 0.6) is 0 Å². The van der Waals surface area contributed by atoms with Gasteiger partial charge in [0.05, 0.1) is 12.5 Å². The fourth-order valence-corrected chi connectivity index (χ4v) is 3.57. The summed E-state index contributed by atoms with van der Waals surface area (Å²) in [6.45, 7) is 0. The molecule has 0 saturated carbocycles. The van der Waals surface area contributed by atoms with Crippen LogP contribution in [0, 0.1) is 14.9 Å². The summed E-state index contributed by atoms with van der Waals surface area (Å²) in [7, 11) is 0. The van der Waals surface area contributed by atoms with Gasteiger partial charge in [-0.2, -0.15) is 5.26 Å². The molecule has 0 bridgehead atoms. The van der Waals surface area contributed by atoms with Crippen molar-refractivity contribution in [2.24, 2.45) is 0 Å². The van der Waals surface area contributed by atoms with Crippen LogP contribution in [-0.4, -0.2) is 0 Å². The number of hydrogen-bond acceptors (Lipinski definition) is 2. The zero-order chi connectivity index (χ0) is 10.1. The summed E-state index contributed by atoms with van der Waals surface area (Å²) >= 11 is 7.49. The Kier molecular flexibility index (Phi) is 3.10. The van der Waals surface area contributed by atoms with Crippen molar-refractivity contribution in [2.45, 2.75) is 6.42 Å². The van der Waals surface area contributed by atoms with E-state index < -0.39 is 0 Å². The van der Waals surface area contributed by atoms with E-state index in [-0.39, 0.29) is 0 Å². The molecule has 0 aliphatic carbocycles. The third kappa shape index (κ3) is 1.69. The molecule has 0 amide bonds. The van der Waals surface area contributed by atoms with Crippen molar-refractivity contribution in [3.8, 4) is 6.07 Å². The molecule has 1 nitrogen and oxygen atoms in total. The van der Waals surface area contributed by atoms with E-state index >= 15 is 0 Å².